The zero-order chi connectivity index (χ0) is 15.6. The summed E-state index contributed by atoms with van der Waals surface area (Å²) in [5, 5.41) is 0. The van der Waals surface area contributed by atoms with Crippen molar-refractivity contribution in [2.45, 2.75) is 46.1 Å². The number of hydrogen-bond acceptors (Lipinski definition) is 1. The molecule has 0 spiro atoms. The van der Waals surface area contributed by atoms with Gasteiger partial charge in [0.1, 0.15) is 12.4 Å². The quantitative estimate of drug-likeness (QED) is 0.577. The van der Waals surface area contributed by atoms with E-state index in [1.807, 2.05) is 0 Å². The van der Waals surface area contributed by atoms with Crippen LogP contribution in [-0.2, 0) is 13.0 Å². The van der Waals surface area contributed by atoms with Crippen LogP contribution in [0.2, 0.25) is 0 Å². The van der Waals surface area contributed by atoms with Gasteiger partial charge >= 0.3 is 0 Å². The standard InChI is InChI=1S/C21H26O/c1-3-5-6-8-19-9-11-20(12-10-19)17-22-21-15-13-18(7-4-2)14-16-21/h6,8-16H,3-5,7,17H2,1-2H3/b8-6+. The molecule has 0 aliphatic rings. The largest absolute Gasteiger partial charge is 0.489 e. The van der Waals surface area contributed by atoms with Crippen molar-refractivity contribution in [2.24, 2.45) is 0 Å². The second-order valence-electron chi connectivity index (χ2n) is 5.62. The van der Waals surface area contributed by atoms with Gasteiger partial charge in [-0.3, -0.25) is 0 Å². The van der Waals surface area contributed by atoms with Crippen LogP contribution in [0.5, 0.6) is 5.75 Å². The molecule has 0 aliphatic carbocycles. The molecule has 2 rings (SSSR count). The van der Waals surface area contributed by atoms with Gasteiger partial charge in [0.2, 0.25) is 0 Å². The number of rotatable bonds is 8. The van der Waals surface area contributed by atoms with Crippen molar-refractivity contribution in [1.29, 1.82) is 0 Å². The van der Waals surface area contributed by atoms with E-state index in [0.717, 1.165) is 18.6 Å². The SMILES string of the molecule is CCC/C=C/c1ccc(COc2ccc(CCC)cc2)cc1. The maximum absolute atomic E-state index is 5.85. The van der Waals surface area contributed by atoms with Crippen molar-refractivity contribution in [3.63, 3.8) is 0 Å². The van der Waals surface area contributed by atoms with E-state index < -0.39 is 0 Å². The van der Waals surface area contributed by atoms with Crippen LogP contribution < -0.4 is 4.74 Å². The Bertz CT molecular complexity index is 564. The van der Waals surface area contributed by atoms with Gasteiger partial charge in [-0.25, -0.2) is 0 Å². The summed E-state index contributed by atoms with van der Waals surface area (Å²) in [6.07, 6.45) is 9.05. The predicted molar refractivity (Wildman–Crippen MR) is 95.2 cm³/mol. The molecular formula is C21H26O. The lowest BCUT2D eigenvalue weighted by Crippen LogP contribution is -1.95. The Hall–Kier alpha value is -2.02. The monoisotopic (exact) mass is 294 g/mol. The molecule has 0 radical (unpaired) electrons. The molecular weight excluding hydrogens is 268 g/mol. The average molecular weight is 294 g/mol. The molecule has 0 amide bonds. The zero-order valence-electron chi connectivity index (χ0n) is 13.7. The van der Waals surface area contributed by atoms with E-state index in [9.17, 15) is 0 Å². The minimum absolute atomic E-state index is 0.617. The lowest BCUT2D eigenvalue weighted by atomic mass is 10.1. The summed E-state index contributed by atoms with van der Waals surface area (Å²) in [7, 11) is 0. The third-order valence-electron chi connectivity index (χ3n) is 3.61. The first-order chi connectivity index (χ1) is 10.8. The molecule has 22 heavy (non-hydrogen) atoms. The number of unbranched alkanes of at least 4 members (excludes halogenated alkanes) is 1. The van der Waals surface area contributed by atoms with Gasteiger partial charge in [0.25, 0.3) is 0 Å². The van der Waals surface area contributed by atoms with Crippen LogP contribution in [0.4, 0.5) is 0 Å². The van der Waals surface area contributed by atoms with Gasteiger partial charge in [-0.1, -0.05) is 75.2 Å². The first-order valence-electron chi connectivity index (χ1n) is 8.29. The van der Waals surface area contributed by atoms with Gasteiger partial charge in [-0.15, -0.1) is 0 Å². The average Bonchev–Trinajstić information content (AvgIpc) is 2.56. The van der Waals surface area contributed by atoms with Crippen LogP contribution in [0.3, 0.4) is 0 Å². The molecule has 0 heterocycles. The van der Waals surface area contributed by atoms with Gasteiger partial charge in [-0.2, -0.15) is 0 Å². The summed E-state index contributed by atoms with van der Waals surface area (Å²) in [5.74, 6) is 0.937. The highest BCUT2D eigenvalue weighted by molar-refractivity contribution is 5.49. The van der Waals surface area contributed by atoms with E-state index in [0.29, 0.717) is 6.61 Å². The molecule has 116 valence electrons. The molecule has 0 unspecified atom stereocenters. The minimum Gasteiger partial charge on any atom is -0.489 e. The molecule has 0 aromatic heterocycles. The molecule has 0 N–H and O–H groups in total. The molecule has 0 aliphatic heterocycles. The normalized spacial score (nSPS) is 11.0. The maximum atomic E-state index is 5.85. The highest BCUT2D eigenvalue weighted by atomic mass is 16.5. The molecule has 0 fully saturated rings. The van der Waals surface area contributed by atoms with Gasteiger partial charge in [-0.05, 0) is 41.7 Å². The number of aryl methyl sites for hydroxylation is 1. The summed E-state index contributed by atoms with van der Waals surface area (Å²) in [6, 6.07) is 17.0. The Balaban J connectivity index is 1.85. The number of ether oxygens (including phenoxy) is 1. The van der Waals surface area contributed by atoms with Crippen LogP contribution in [0.1, 0.15) is 49.8 Å². The fourth-order valence-corrected chi connectivity index (χ4v) is 2.32. The summed E-state index contributed by atoms with van der Waals surface area (Å²) in [6.45, 7) is 5.01. The molecule has 0 bridgehead atoms. The van der Waals surface area contributed by atoms with Crippen molar-refractivity contribution in [1.82, 2.24) is 0 Å². The second-order valence-corrected chi connectivity index (χ2v) is 5.62. The fourth-order valence-electron chi connectivity index (χ4n) is 2.32. The van der Waals surface area contributed by atoms with Crippen LogP contribution in [-0.4, -0.2) is 0 Å². The topological polar surface area (TPSA) is 9.23 Å². The maximum Gasteiger partial charge on any atom is 0.119 e. The first kappa shape index (κ1) is 16.4. The molecule has 2 aromatic rings. The minimum atomic E-state index is 0.617. The highest BCUT2D eigenvalue weighted by Gasteiger charge is 1.97. The Labute approximate surface area is 134 Å². The van der Waals surface area contributed by atoms with Crippen molar-refractivity contribution in [3.8, 4) is 5.75 Å². The van der Waals surface area contributed by atoms with E-state index in [2.05, 4.69) is 74.5 Å². The summed E-state index contributed by atoms with van der Waals surface area (Å²) in [5.41, 5.74) is 3.82. The summed E-state index contributed by atoms with van der Waals surface area (Å²) in [4.78, 5) is 0. The van der Waals surface area contributed by atoms with Crippen LogP contribution in [0.15, 0.2) is 54.6 Å². The van der Waals surface area contributed by atoms with Crippen LogP contribution >= 0.6 is 0 Å². The first-order valence-corrected chi connectivity index (χ1v) is 8.29. The Kier molecular flexibility index (Phi) is 6.76. The third kappa shape index (κ3) is 5.40. The van der Waals surface area contributed by atoms with Gasteiger partial charge in [0.15, 0.2) is 0 Å². The molecule has 0 saturated heterocycles. The zero-order valence-corrected chi connectivity index (χ0v) is 13.7. The van der Waals surface area contributed by atoms with Gasteiger partial charge < -0.3 is 4.74 Å². The van der Waals surface area contributed by atoms with E-state index in [4.69, 9.17) is 4.74 Å². The van der Waals surface area contributed by atoms with Gasteiger partial charge in [0, 0.05) is 0 Å². The number of allylic oxidation sites excluding steroid dienone is 1. The Morgan fingerprint density at radius 1 is 0.818 bits per heavy atom. The van der Waals surface area contributed by atoms with Gasteiger partial charge in [0.05, 0.1) is 0 Å². The third-order valence-corrected chi connectivity index (χ3v) is 3.61. The Morgan fingerprint density at radius 2 is 1.50 bits per heavy atom. The highest BCUT2D eigenvalue weighted by Crippen LogP contribution is 2.16. The second kappa shape index (κ2) is 9.09. The molecule has 1 nitrogen and oxygen atoms in total. The Morgan fingerprint density at radius 3 is 2.14 bits per heavy atom. The van der Waals surface area contributed by atoms with E-state index >= 15 is 0 Å². The van der Waals surface area contributed by atoms with E-state index in [-0.39, 0.29) is 0 Å². The fraction of sp³-hybridized carbons (Fsp3) is 0.333. The van der Waals surface area contributed by atoms with E-state index in [1.54, 1.807) is 0 Å². The predicted octanol–water partition coefficient (Wildman–Crippen LogP) is 6.03. The van der Waals surface area contributed by atoms with Crippen LogP contribution in [0.25, 0.3) is 6.08 Å². The van der Waals surface area contributed by atoms with Crippen molar-refractivity contribution in [2.75, 3.05) is 0 Å². The number of benzene rings is 2. The lowest BCUT2D eigenvalue weighted by molar-refractivity contribution is 0.306. The van der Waals surface area contributed by atoms with E-state index in [1.165, 1.54) is 29.5 Å². The molecule has 1 heteroatoms. The molecule has 2 aromatic carbocycles. The van der Waals surface area contributed by atoms with Crippen molar-refractivity contribution < 1.29 is 4.74 Å². The van der Waals surface area contributed by atoms with Crippen molar-refractivity contribution >= 4 is 6.08 Å². The van der Waals surface area contributed by atoms with Crippen molar-refractivity contribution in [3.05, 3.63) is 71.3 Å². The lowest BCUT2D eigenvalue weighted by Gasteiger charge is -2.07. The molecule has 0 atom stereocenters. The van der Waals surface area contributed by atoms with Crippen LogP contribution in [0, 0.1) is 0 Å². The smallest absolute Gasteiger partial charge is 0.119 e. The number of hydrogen-bond donors (Lipinski definition) is 0. The summed E-state index contributed by atoms with van der Waals surface area (Å²) >= 11 is 0. The molecule has 0 saturated carbocycles. The summed E-state index contributed by atoms with van der Waals surface area (Å²) < 4.78 is 5.85.